The minimum atomic E-state index is -0.706. The number of amides is 2. The van der Waals surface area contributed by atoms with Crippen LogP contribution in [-0.2, 0) is 9.59 Å². The average Bonchev–Trinajstić information content (AvgIpc) is 2.54. The maximum atomic E-state index is 11.9. The van der Waals surface area contributed by atoms with E-state index in [1.54, 1.807) is 0 Å². The molecule has 0 radical (unpaired) electrons. The van der Waals surface area contributed by atoms with Crippen molar-refractivity contribution in [1.82, 2.24) is 10.2 Å². The molecule has 15 heavy (non-hydrogen) atoms. The fourth-order valence-electron chi connectivity index (χ4n) is 2.27. The zero-order chi connectivity index (χ0) is 11.2. The zero-order valence-corrected chi connectivity index (χ0v) is 8.93. The van der Waals surface area contributed by atoms with Gasteiger partial charge in [0.05, 0.1) is 6.10 Å². The fourth-order valence-corrected chi connectivity index (χ4v) is 2.27. The number of nitrogens with zero attached hydrogens (tertiary/aromatic N) is 1. The number of hydrogen-bond donors (Lipinski definition) is 2. The van der Waals surface area contributed by atoms with E-state index in [1.807, 2.05) is 13.8 Å². The molecule has 2 aliphatic heterocycles. The molecule has 3 atom stereocenters. The van der Waals surface area contributed by atoms with Gasteiger partial charge in [-0.05, 0) is 12.3 Å². The van der Waals surface area contributed by atoms with Gasteiger partial charge >= 0.3 is 0 Å². The third-order valence-corrected chi connectivity index (χ3v) is 3.15. The van der Waals surface area contributed by atoms with Crippen molar-refractivity contribution < 1.29 is 14.7 Å². The molecule has 2 amide bonds. The molecule has 84 valence electrons. The summed E-state index contributed by atoms with van der Waals surface area (Å²) >= 11 is 0. The highest BCUT2D eigenvalue weighted by molar-refractivity contribution is 5.98. The summed E-state index contributed by atoms with van der Waals surface area (Å²) in [6.07, 6.45) is -0.212. The predicted octanol–water partition coefficient (Wildman–Crippen LogP) is -0.897. The van der Waals surface area contributed by atoms with Crippen LogP contribution in [-0.4, -0.2) is 46.6 Å². The van der Waals surface area contributed by atoms with Gasteiger partial charge in [-0.1, -0.05) is 13.8 Å². The molecule has 5 nitrogen and oxygen atoms in total. The van der Waals surface area contributed by atoms with E-state index in [9.17, 15) is 14.7 Å². The molecule has 0 aromatic heterocycles. The molecule has 2 N–H and O–H groups in total. The van der Waals surface area contributed by atoms with Crippen LogP contribution in [0, 0.1) is 5.92 Å². The van der Waals surface area contributed by atoms with E-state index in [0.717, 1.165) is 0 Å². The second kappa shape index (κ2) is 3.48. The third kappa shape index (κ3) is 1.51. The topological polar surface area (TPSA) is 69.6 Å². The lowest BCUT2D eigenvalue weighted by atomic mass is 9.98. The molecule has 2 saturated heterocycles. The second-order valence-corrected chi connectivity index (χ2v) is 4.56. The van der Waals surface area contributed by atoms with Crippen molar-refractivity contribution in [2.24, 2.45) is 5.92 Å². The Labute approximate surface area is 88.4 Å². The molecule has 2 fully saturated rings. The molecule has 0 bridgehead atoms. The van der Waals surface area contributed by atoms with Crippen molar-refractivity contribution in [1.29, 1.82) is 0 Å². The van der Waals surface area contributed by atoms with Crippen LogP contribution in [0.3, 0.4) is 0 Å². The van der Waals surface area contributed by atoms with E-state index in [4.69, 9.17) is 0 Å². The summed E-state index contributed by atoms with van der Waals surface area (Å²) in [5.74, 6) is -0.204. The first kappa shape index (κ1) is 10.4. The minimum Gasteiger partial charge on any atom is -0.390 e. The van der Waals surface area contributed by atoms with Gasteiger partial charge in [-0.3, -0.25) is 9.59 Å². The fraction of sp³-hybridized carbons (Fsp3) is 0.800. The van der Waals surface area contributed by atoms with Crippen LogP contribution in [0.25, 0.3) is 0 Å². The number of nitrogens with one attached hydrogen (secondary N) is 1. The van der Waals surface area contributed by atoms with Gasteiger partial charge in [0.25, 0.3) is 0 Å². The van der Waals surface area contributed by atoms with E-state index in [-0.39, 0.29) is 17.7 Å². The van der Waals surface area contributed by atoms with Gasteiger partial charge in [0.1, 0.15) is 12.1 Å². The Bertz CT molecular complexity index is 303. The van der Waals surface area contributed by atoms with Crippen LogP contribution in [0.4, 0.5) is 0 Å². The maximum Gasteiger partial charge on any atom is 0.246 e. The number of carbonyl (C=O) groups is 2. The average molecular weight is 212 g/mol. The number of fused-ring (bicyclic) bond motifs is 1. The summed E-state index contributed by atoms with van der Waals surface area (Å²) in [5, 5.41) is 12.3. The standard InChI is InChI=1S/C10H16N2O3/c1-5(2)7-10(15)12-4-3-6(13)8(12)9(14)11-7/h5-8,13H,3-4H2,1-2H3,(H,11,14). The molecular formula is C10H16N2O3. The summed E-state index contributed by atoms with van der Waals surface area (Å²) in [4.78, 5) is 25.1. The molecule has 0 saturated carbocycles. The second-order valence-electron chi connectivity index (χ2n) is 4.56. The number of hydrogen-bond acceptors (Lipinski definition) is 3. The van der Waals surface area contributed by atoms with Crippen molar-refractivity contribution in [2.45, 2.75) is 38.5 Å². The van der Waals surface area contributed by atoms with Crippen LogP contribution in [0.5, 0.6) is 0 Å². The minimum absolute atomic E-state index is 0.0637. The highest BCUT2D eigenvalue weighted by atomic mass is 16.3. The van der Waals surface area contributed by atoms with Crippen molar-refractivity contribution in [2.75, 3.05) is 6.54 Å². The van der Waals surface area contributed by atoms with Crippen molar-refractivity contribution in [3.05, 3.63) is 0 Å². The molecule has 2 heterocycles. The number of aliphatic hydroxyl groups is 1. The van der Waals surface area contributed by atoms with Crippen molar-refractivity contribution in [3.8, 4) is 0 Å². The van der Waals surface area contributed by atoms with Crippen LogP contribution in [0.2, 0.25) is 0 Å². The Morgan fingerprint density at radius 3 is 2.73 bits per heavy atom. The predicted molar refractivity (Wildman–Crippen MR) is 52.9 cm³/mol. The Morgan fingerprint density at radius 2 is 2.13 bits per heavy atom. The zero-order valence-electron chi connectivity index (χ0n) is 8.93. The number of rotatable bonds is 1. The first-order valence-electron chi connectivity index (χ1n) is 5.31. The van der Waals surface area contributed by atoms with E-state index >= 15 is 0 Å². The van der Waals surface area contributed by atoms with Crippen molar-refractivity contribution >= 4 is 11.8 Å². The molecule has 5 heteroatoms. The molecular weight excluding hydrogens is 196 g/mol. The van der Waals surface area contributed by atoms with Gasteiger partial charge in [-0.25, -0.2) is 0 Å². The summed E-state index contributed by atoms with van der Waals surface area (Å²) in [5.41, 5.74) is 0. The van der Waals surface area contributed by atoms with Crippen molar-refractivity contribution in [3.63, 3.8) is 0 Å². The highest BCUT2D eigenvalue weighted by Crippen LogP contribution is 2.24. The van der Waals surface area contributed by atoms with Gasteiger partial charge in [0, 0.05) is 6.54 Å². The largest absolute Gasteiger partial charge is 0.390 e. The van der Waals surface area contributed by atoms with Crippen LogP contribution in [0.15, 0.2) is 0 Å². The normalized spacial score (nSPS) is 35.7. The van der Waals surface area contributed by atoms with Crippen LogP contribution >= 0.6 is 0 Å². The smallest absolute Gasteiger partial charge is 0.246 e. The number of aliphatic hydroxyl groups excluding tert-OH is 1. The quantitative estimate of drug-likeness (QED) is 0.592. The Kier molecular flexibility index (Phi) is 2.42. The van der Waals surface area contributed by atoms with Crippen LogP contribution in [0.1, 0.15) is 20.3 Å². The van der Waals surface area contributed by atoms with Gasteiger partial charge in [0.2, 0.25) is 11.8 Å². The first-order valence-corrected chi connectivity index (χ1v) is 5.31. The molecule has 0 aromatic rings. The Hall–Kier alpha value is -1.10. The van der Waals surface area contributed by atoms with Gasteiger partial charge in [-0.15, -0.1) is 0 Å². The van der Waals surface area contributed by atoms with Gasteiger partial charge in [0.15, 0.2) is 0 Å². The van der Waals surface area contributed by atoms with Crippen LogP contribution < -0.4 is 5.32 Å². The lowest BCUT2D eigenvalue weighted by Gasteiger charge is -2.36. The molecule has 0 aromatic carbocycles. The van der Waals surface area contributed by atoms with E-state index in [2.05, 4.69) is 5.32 Å². The lowest BCUT2D eigenvalue weighted by Crippen LogP contribution is -2.64. The molecule has 0 spiro atoms. The number of carbonyl (C=O) groups excluding carboxylic acids is 2. The molecule has 2 rings (SSSR count). The van der Waals surface area contributed by atoms with E-state index in [1.165, 1.54) is 4.90 Å². The highest BCUT2D eigenvalue weighted by Gasteiger charge is 2.48. The number of piperazine rings is 1. The molecule has 3 unspecified atom stereocenters. The summed E-state index contributed by atoms with van der Waals surface area (Å²) < 4.78 is 0. The van der Waals surface area contributed by atoms with E-state index in [0.29, 0.717) is 13.0 Å². The SMILES string of the molecule is CC(C)C1NC(=O)C2C(O)CCN2C1=O. The molecule has 2 aliphatic rings. The summed E-state index contributed by atoms with van der Waals surface area (Å²) in [7, 11) is 0. The first-order chi connectivity index (χ1) is 7.02. The lowest BCUT2D eigenvalue weighted by molar-refractivity contribution is -0.150. The monoisotopic (exact) mass is 212 g/mol. The maximum absolute atomic E-state index is 11.9. The Morgan fingerprint density at radius 1 is 1.47 bits per heavy atom. The Balaban J connectivity index is 2.23. The van der Waals surface area contributed by atoms with Gasteiger partial charge < -0.3 is 15.3 Å². The van der Waals surface area contributed by atoms with Gasteiger partial charge in [-0.2, -0.15) is 0 Å². The summed E-state index contributed by atoms with van der Waals surface area (Å²) in [6.45, 7) is 4.28. The third-order valence-electron chi connectivity index (χ3n) is 3.15. The molecule has 0 aliphatic carbocycles. The van der Waals surface area contributed by atoms with E-state index < -0.39 is 18.2 Å². The summed E-state index contributed by atoms with van der Waals surface area (Å²) in [6, 6.07) is -1.09.